The van der Waals surface area contributed by atoms with E-state index in [2.05, 4.69) is 27.5 Å². The smallest absolute Gasteiger partial charge is 0.337 e. The summed E-state index contributed by atoms with van der Waals surface area (Å²) in [4.78, 5) is 20.2. The highest BCUT2D eigenvalue weighted by atomic mass is 16.4. The van der Waals surface area contributed by atoms with Crippen LogP contribution in [0.3, 0.4) is 0 Å². The second kappa shape index (κ2) is 7.23. The first kappa shape index (κ1) is 17.4. The van der Waals surface area contributed by atoms with Gasteiger partial charge in [-0.25, -0.2) is 9.78 Å². The summed E-state index contributed by atoms with van der Waals surface area (Å²) in [6.07, 6.45) is 0. The van der Waals surface area contributed by atoms with Gasteiger partial charge in [0.2, 0.25) is 5.95 Å². The minimum Gasteiger partial charge on any atom is -0.478 e. The van der Waals surface area contributed by atoms with Gasteiger partial charge < -0.3 is 15.7 Å². The number of hydrogen-bond donors (Lipinski definition) is 3. The van der Waals surface area contributed by atoms with Crippen LogP contribution in [0.15, 0.2) is 48.5 Å². The van der Waals surface area contributed by atoms with Crippen LogP contribution in [0.5, 0.6) is 0 Å². The molecular formula is C20H20N4O2. The van der Waals surface area contributed by atoms with E-state index in [4.69, 9.17) is 0 Å². The van der Waals surface area contributed by atoms with Crippen molar-refractivity contribution in [2.45, 2.75) is 20.8 Å². The van der Waals surface area contributed by atoms with Gasteiger partial charge in [-0.05, 0) is 56.2 Å². The molecule has 6 heteroatoms. The fourth-order valence-corrected chi connectivity index (χ4v) is 2.55. The van der Waals surface area contributed by atoms with Crippen molar-refractivity contribution in [3.05, 3.63) is 70.9 Å². The predicted octanol–water partition coefficient (Wildman–Crippen LogP) is 4.59. The molecule has 3 rings (SSSR count). The molecule has 0 amide bonds. The Balaban J connectivity index is 1.88. The van der Waals surface area contributed by atoms with E-state index in [0.29, 0.717) is 17.5 Å². The second-order valence-electron chi connectivity index (χ2n) is 6.12. The van der Waals surface area contributed by atoms with Crippen molar-refractivity contribution >= 4 is 29.1 Å². The van der Waals surface area contributed by atoms with Crippen molar-refractivity contribution in [2.24, 2.45) is 0 Å². The summed E-state index contributed by atoms with van der Waals surface area (Å²) in [7, 11) is 0. The molecule has 6 nitrogen and oxygen atoms in total. The Morgan fingerprint density at radius 2 is 1.69 bits per heavy atom. The van der Waals surface area contributed by atoms with E-state index in [1.54, 1.807) is 30.3 Å². The molecule has 1 aromatic heterocycles. The van der Waals surface area contributed by atoms with Crippen LogP contribution in [-0.4, -0.2) is 21.0 Å². The van der Waals surface area contributed by atoms with Crippen molar-refractivity contribution in [1.29, 1.82) is 0 Å². The van der Waals surface area contributed by atoms with Crippen LogP contribution in [0.25, 0.3) is 0 Å². The van der Waals surface area contributed by atoms with E-state index in [-0.39, 0.29) is 5.56 Å². The molecule has 0 radical (unpaired) electrons. The highest BCUT2D eigenvalue weighted by Gasteiger charge is 2.11. The second-order valence-corrected chi connectivity index (χ2v) is 6.12. The molecule has 0 saturated heterocycles. The maximum absolute atomic E-state index is 11.4. The molecule has 26 heavy (non-hydrogen) atoms. The lowest BCUT2D eigenvalue weighted by molar-refractivity contribution is 0.0698. The summed E-state index contributed by atoms with van der Waals surface area (Å²) < 4.78 is 0. The molecular weight excluding hydrogens is 328 g/mol. The van der Waals surface area contributed by atoms with Gasteiger partial charge in [0.25, 0.3) is 0 Å². The zero-order valence-corrected chi connectivity index (χ0v) is 14.9. The van der Waals surface area contributed by atoms with E-state index < -0.39 is 5.97 Å². The summed E-state index contributed by atoms with van der Waals surface area (Å²) in [5.41, 5.74) is 4.73. The topological polar surface area (TPSA) is 87.1 Å². The number of carboxylic acids is 1. The lowest BCUT2D eigenvalue weighted by Gasteiger charge is -2.12. The number of nitrogens with zero attached hydrogens (tertiary/aromatic N) is 2. The lowest BCUT2D eigenvalue weighted by Crippen LogP contribution is -2.06. The summed E-state index contributed by atoms with van der Waals surface area (Å²) in [6.45, 7) is 5.97. The molecule has 0 aliphatic rings. The largest absolute Gasteiger partial charge is 0.478 e. The number of para-hydroxylation sites is 1. The molecule has 0 unspecified atom stereocenters. The van der Waals surface area contributed by atoms with Gasteiger partial charge in [-0.1, -0.05) is 18.2 Å². The van der Waals surface area contributed by atoms with E-state index in [1.165, 1.54) is 11.1 Å². The minimum atomic E-state index is -0.993. The van der Waals surface area contributed by atoms with Crippen LogP contribution in [0, 0.1) is 20.8 Å². The highest BCUT2D eigenvalue weighted by molar-refractivity contribution is 5.95. The van der Waals surface area contributed by atoms with Crippen LogP contribution in [-0.2, 0) is 0 Å². The summed E-state index contributed by atoms with van der Waals surface area (Å²) in [5.74, 6) is -0.0200. The Kier molecular flexibility index (Phi) is 4.84. The monoisotopic (exact) mass is 348 g/mol. The van der Waals surface area contributed by atoms with Gasteiger partial charge in [-0.3, -0.25) is 0 Å². The number of nitrogens with one attached hydrogen (secondary N) is 2. The average molecular weight is 348 g/mol. The fraction of sp³-hybridized carbons (Fsp3) is 0.150. The van der Waals surface area contributed by atoms with Crippen LogP contribution in [0.4, 0.5) is 23.1 Å². The van der Waals surface area contributed by atoms with Crippen LogP contribution >= 0.6 is 0 Å². The molecule has 132 valence electrons. The Morgan fingerprint density at radius 3 is 2.42 bits per heavy atom. The lowest BCUT2D eigenvalue weighted by atomic mass is 10.1. The molecule has 0 aliphatic carbocycles. The first-order valence-corrected chi connectivity index (χ1v) is 8.21. The summed E-state index contributed by atoms with van der Waals surface area (Å²) >= 11 is 0. The zero-order valence-electron chi connectivity index (χ0n) is 14.9. The van der Waals surface area contributed by atoms with E-state index in [1.807, 2.05) is 32.0 Å². The molecule has 0 aliphatic heterocycles. The number of carboxylic acid groups (broad SMARTS) is 1. The first-order chi connectivity index (χ1) is 12.4. The number of anilines is 4. The number of carbonyl (C=O) groups is 1. The minimum absolute atomic E-state index is 0.187. The molecule has 3 aromatic rings. The summed E-state index contributed by atoms with van der Waals surface area (Å²) in [6, 6.07) is 14.5. The Labute approximate surface area is 152 Å². The Hall–Kier alpha value is -3.41. The summed E-state index contributed by atoms with van der Waals surface area (Å²) in [5, 5.41) is 15.6. The van der Waals surface area contributed by atoms with Crippen molar-refractivity contribution in [3.63, 3.8) is 0 Å². The van der Waals surface area contributed by atoms with Gasteiger partial charge in [-0.2, -0.15) is 4.98 Å². The molecule has 0 spiro atoms. The van der Waals surface area contributed by atoms with E-state index >= 15 is 0 Å². The van der Waals surface area contributed by atoms with Gasteiger partial charge in [-0.15, -0.1) is 0 Å². The van der Waals surface area contributed by atoms with Gasteiger partial charge >= 0.3 is 5.97 Å². The third-order valence-electron chi connectivity index (χ3n) is 4.04. The number of rotatable bonds is 5. The zero-order chi connectivity index (χ0) is 18.7. The Bertz CT molecular complexity index is 970. The number of hydrogen-bond acceptors (Lipinski definition) is 5. The van der Waals surface area contributed by atoms with Gasteiger partial charge in [0.15, 0.2) is 0 Å². The molecule has 0 saturated carbocycles. The van der Waals surface area contributed by atoms with Crippen molar-refractivity contribution in [3.8, 4) is 0 Å². The van der Waals surface area contributed by atoms with Gasteiger partial charge in [0.1, 0.15) is 5.82 Å². The molecule has 2 aromatic carbocycles. The van der Waals surface area contributed by atoms with Crippen molar-refractivity contribution < 1.29 is 9.90 Å². The van der Waals surface area contributed by atoms with Crippen molar-refractivity contribution in [2.75, 3.05) is 10.6 Å². The molecule has 1 heterocycles. The standard InChI is InChI=1S/C20H20N4O2/c1-12-8-9-15(10-13(12)2)22-20-21-14(3)11-18(24-20)23-17-7-5-4-6-16(17)19(25)26/h4-11H,1-3H3,(H,25,26)(H2,21,22,23,24). The van der Waals surface area contributed by atoms with Crippen molar-refractivity contribution in [1.82, 2.24) is 9.97 Å². The highest BCUT2D eigenvalue weighted by Crippen LogP contribution is 2.23. The predicted molar refractivity (Wildman–Crippen MR) is 103 cm³/mol. The van der Waals surface area contributed by atoms with Gasteiger partial charge in [0.05, 0.1) is 11.3 Å². The maximum atomic E-state index is 11.4. The maximum Gasteiger partial charge on any atom is 0.337 e. The van der Waals surface area contributed by atoms with Crippen LogP contribution in [0.2, 0.25) is 0 Å². The number of aryl methyl sites for hydroxylation is 3. The number of aromatic carboxylic acids is 1. The normalized spacial score (nSPS) is 10.4. The molecule has 0 atom stereocenters. The SMILES string of the molecule is Cc1cc(Nc2ccccc2C(=O)O)nc(Nc2ccc(C)c(C)c2)n1. The first-order valence-electron chi connectivity index (χ1n) is 8.21. The third-order valence-corrected chi connectivity index (χ3v) is 4.04. The van der Waals surface area contributed by atoms with E-state index in [0.717, 1.165) is 11.4 Å². The number of benzene rings is 2. The fourth-order valence-electron chi connectivity index (χ4n) is 2.55. The van der Waals surface area contributed by atoms with E-state index in [9.17, 15) is 9.90 Å². The number of aromatic nitrogens is 2. The van der Waals surface area contributed by atoms with Gasteiger partial charge in [0, 0.05) is 17.4 Å². The molecule has 0 fully saturated rings. The average Bonchev–Trinajstić information content (AvgIpc) is 2.58. The Morgan fingerprint density at radius 1 is 0.923 bits per heavy atom. The van der Waals surface area contributed by atoms with Crippen LogP contribution in [0.1, 0.15) is 27.2 Å². The molecule has 0 bridgehead atoms. The van der Waals surface area contributed by atoms with Crippen LogP contribution < -0.4 is 10.6 Å². The quantitative estimate of drug-likeness (QED) is 0.625. The third kappa shape index (κ3) is 3.97. The molecule has 3 N–H and O–H groups in total.